The monoisotopic (exact) mass is 291 g/mol. The number of benzene rings is 1. The minimum Gasteiger partial charge on any atom is -0.494 e. The van der Waals surface area contributed by atoms with Gasteiger partial charge in [-0.1, -0.05) is 19.1 Å². The number of ether oxygens (including phenoxy) is 1. The van der Waals surface area contributed by atoms with Crippen molar-refractivity contribution in [1.82, 2.24) is 4.90 Å². The van der Waals surface area contributed by atoms with Gasteiger partial charge < -0.3 is 9.84 Å². The lowest BCUT2D eigenvalue weighted by Gasteiger charge is -2.24. The topological polar surface area (TPSA) is 49.8 Å². The molecule has 116 valence electrons. The second kappa shape index (κ2) is 7.46. The van der Waals surface area contributed by atoms with E-state index in [0.29, 0.717) is 6.04 Å². The van der Waals surface area contributed by atoms with Crippen LogP contribution in [-0.4, -0.2) is 35.7 Å². The molecule has 0 amide bonds. The van der Waals surface area contributed by atoms with Gasteiger partial charge in [0.25, 0.3) is 0 Å². The van der Waals surface area contributed by atoms with E-state index in [9.17, 15) is 4.79 Å². The van der Waals surface area contributed by atoms with Crippen LogP contribution in [0.15, 0.2) is 24.3 Å². The van der Waals surface area contributed by atoms with Crippen LogP contribution in [0.3, 0.4) is 0 Å². The zero-order chi connectivity index (χ0) is 15.2. The molecule has 1 N–H and O–H groups in total. The van der Waals surface area contributed by atoms with Gasteiger partial charge in [0, 0.05) is 19.0 Å². The quantitative estimate of drug-likeness (QED) is 0.837. The van der Waals surface area contributed by atoms with Gasteiger partial charge in [-0.3, -0.25) is 9.69 Å². The average Bonchev–Trinajstić information content (AvgIpc) is 2.92. The molecule has 21 heavy (non-hydrogen) atoms. The summed E-state index contributed by atoms with van der Waals surface area (Å²) in [6, 6.07) is 8.59. The van der Waals surface area contributed by atoms with Crippen molar-refractivity contribution in [1.29, 1.82) is 0 Å². The number of carboxylic acids is 1. The standard InChI is InChI=1S/C17H25NO3/c1-3-10-21-16-6-4-15(5-7-16)13(2)18-9-8-14(12-18)11-17(19)20/h4-7,13-14H,3,8-12H2,1-2H3,(H,19,20). The molecule has 1 aromatic carbocycles. The summed E-state index contributed by atoms with van der Waals surface area (Å²) in [5.41, 5.74) is 1.26. The normalized spacial score (nSPS) is 20.4. The summed E-state index contributed by atoms with van der Waals surface area (Å²) in [6.45, 7) is 6.88. The van der Waals surface area contributed by atoms with E-state index in [1.165, 1.54) is 5.56 Å². The van der Waals surface area contributed by atoms with Gasteiger partial charge in [-0.2, -0.15) is 0 Å². The van der Waals surface area contributed by atoms with Crippen LogP contribution in [0.4, 0.5) is 0 Å². The van der Waals surface area contributed by atoms with E-state index in [2.05, 4.69) is 30.9 Å². The molecule has 1 heterocycles. The van der Waals surface area contributed by atoms with Gasteiger partial charge in [0.15, 0.2) is 0 Å². The number of carboxylic acid groups (broad SMARTS) is 1. The molecule has 0 radical (unpaired) electrons. The van der Waals surface area contributed by atoms with E-state index in [4.69, 9.17) is 9.84 Å². The van der Waals surface area contributed by atoms with E-state index in [0.717, 1.165) is 38.3 Å². The van der Waals surface area contributed by atoms with Crippen LogP contribution >= 0.6 is 0 Å². The summed E-state index contributed by atoms with van der Waals surface area (Å²) in [5.74, 6) is 0.516. The summed E-state index contributed by atoms with van der Waals surface area (Å²) in [5, 5.41) is 8.88. The Morgan fingerprint density at radius 1 is 1.43 bits per heavy atom. The van der Waals surface area contributed by atoms with Crippen LogP contribution in [-0.2, 0) is 4.79 Å². The molecule has 0 aromatic heterocycles. The fourth-order valence-corrected chi connectivity index (χ4v) is 2.90. The van der Waals surface area contributed by atoms with E-state index < -0.39 is 5.97 Å². The Morgan fingerprint density at radius 2 is 2.14 bits per heavy atom. The first-order chi connectivity index (χ1) is 10.1. The van der Waals surface area contributed by atoms with E-state index in [1.54, 1.807) is 0 Å². The number of aliphatic carboxylic acids is 1. The molecule has 2 unspecified atom stereocenters. The number of nitrogens with zero attached hydrogens (tertiary/aromatic N) is 1. The highest BCUT2D eigenvalue weighted by Crippen LogP contribution is 2.29. The van der Waals surface area contributed by atoms with Crippen molar-refractivity contribution in [3.63, 3.8) is 0 Å². The minimum atomic E-state index is -0.688. The second-order valence-corrected chi connectivity index (χ2v) is 5.84. The van der Waals surface area contributed by atoms with Gasteiger partial charge in [-0.25, -0.2) is 0 Å². The first-order valence-electron chi connectivity index (χ1n) is 7.78. The van der Waals surface area contributed by atoms with Crippen molar-refractivity contribution in [3.05, 3.63) is 29.8 Å². The summed E-state index contributed by atoms with van der Waals surface area (Å²) in [7, 11) is 0. The number of hydrogen-bond donors (Lipinski definition) is 1. The first kappa shape index (κ1) is 15.8. The molecule has 1 fully saturated rings. The molecular weight excluding hydrogens is 266 g/mol. The predicted molar refractivity (Wildman–Crippen MR) is 82.6 cm³/mol. The maximum atomic E-state index is 10.8. The summed E-state index contributed by atoms with van der Waals surface area (Å²) < 4.78 is 5.60. The molecule has 4 heteroatoms. The van der Waals surface area contributed by atoms with E-state index >= 15 is 0 Å². The Balaban J connectivity index is 1.91. The summed E-state index contributed by atoms with van der Waals surface area (Å²) >= 11 is 0. The summed E-state index contributed by atoms with van der Waals surface area (Å²) in [4.78, 5) is 13.2. The van der Waals surface area contributed by atoms with Gasteiger partial charge >= 0.3 is 5.97 Å². The van der Waals surface area contributed by atoms with Crippen LogP contribution in [0.1, 0.15) is 44.7 Å². The smallest absolute Gasteiger partial charge is 0.303 e. The lowest BCUT2D eigenvalue weighted by Crippen LogP contribution is -2.25. The Kier molecular flexibility index (Phi) is 5.62. The van der Waals surface area contributed by atoms with E-state index in [-0.39, 0.29) is 12.3 Å². The number of likely N-dealkylation sites (tertiary alicyclic amines) is 1. The van der Waals surface area contributed by atoms with Crippen molar-refractivity contribution in [2.45, 2.75) is 39.2 Å². The Bertz CT molecular complexity index is 458. The molecule has 1 aliphatic heterocycles. The van der Waals surface area contributed by atoms with Crippen LogP contribution in [0.25, 0.3) is 0 Å². The molecule has 1 aliphatic rings. The number of hydrogen-bond acceptors (Lipinski definition) is 3. The second-order valence-electron chi connectivity index (χ2n) is 5.84. The highest BCUT2D eigenvalue weighted by Gasteiger charge is 2.28. The van der Waals surface area contributed by atoms with Crippen molar-refractivity contribution < 1.29 is 14.6 Å². The van der Waals surface area contributed by atoms with Crippen molar-refractivity contribution >= 4 is 5.97 Å². The third-order valence-electron chi connectivity index (χ3n) is 4.16. The van der Waals surface area contributed by atoms with Crippen LogP contribution in [0, 0.1) is 5.92 Å². The van der Waals surface area contributed by atoms with Crippen molar-refractivity contribution in [3.8, 4) is 5.75 Å². The third-order valence-corrected chi connectivity index (χ3v) is 4.16. The third kappa shape index (κ3) is 4.46. The van der Waals surface area contributed by atoms with Gasteiger partial charge in [-0.05, 0) is 49.9 Å². The van der Waals surface area contributed by atoms with Crippen LogP contribution < -0.4 is 4.74 Å². The highest BCUT2D eigenvalue weighted by molar-refractivity contribution is 5.67. The molecule has 4 nitrogen and oxygen atoms in total. The zero-order valence-electron chi connectivity index (χ0n) is 12.9. The largest absolute Gasteiger partial charge is 0.494 e. The fraction of sp³-hybridized carbons (Fsp3) is 0.588. The lowest BCUT2D eigenvalue weighted by molar-refractivity contribution is -0.138. The number of carbonyl (C=O) groups is 1. The predicted octanol–water partition coefficient (Wildman–Crippen LogP) is 3.33. The average molecular weight is 291 g/mol. The van der Waals surface area contributed by atoms with Gasteiger partial charge in [0.2, 0.25) is 0 Å². The SMILES string of the molecule is CCCOc1ccc(C(C)N2CCC(CC(=O)O)C2)cc1. The van der Waals surface area contributed by atoms with Crippen molar-refractivity contribution in [2.75, 3.05) is 19.7 Å². The molecule has 2 rings (SSSR count). The molecule has 0 aliphatic carbocycles. The van der Waals surface area contributed by atoms with Gasteiger partial charge in [-0.15, -0.1) is 0 Å². The molecule has 1 aromatic rings. The zero-order valence-corrected chi connectivity index (χ0v) is 12.9. The minimum absolute atomic E-state index is 0.285. The van der Waals surface area contributed by atoms with Gasteiger partial charge in [0.05, 0.1) is 6.61 Å². The van der Waals surface area contributed by atoms with Gasteiger partial charge in [0.1, 0.15) is 5.75 Å². The summed E-state index contributed by atoms with van der Waals surface area (Å²) in [6.07, 6.45) is 2.28. The maximum absolute atomic E-state index is 10.8. The highest BCUT2D eigenvalue weighted by atomic mass is 16.5. The Morgan fingerprint density at radius 3 is 2.76 bits per heavy atom. The first-order valence-corrected chi connectivity index (χ1v) is 7.78. The molecule has 0 spiro atoms. The Hall–Kier alpha value is -1.55. The Labute approximate surface area is 126 Å². The maximum Gasteiger partial charge on any atom is 0.303 e. The van der Waals surface area contributed by atoms with Crippen molar-refractivity contribution in [2.24, 2.45) is 5.92 Å². The van der Waals surface area contributed by atoms with E-state index in [1.807, 2.05) is 12.1 Å². The molecule has 0 saturated carbocycles. The van der Waals surface area contributed by atoms with Crippen LogP contribution in [0.2, 0.25) is 0 Å². The molecule has 2 atom stereocenters. The molecular formula is C17H25NO3. The molecule has 0 bridgehead atoms. The van der Waals surface area contributed by atoms with Crippen LogP contribution in [0.5, 0.6) is 5.75 Å². The molecule has 1 saturated heterocycles. The fourth-order valence-electron chi connectivity index (χ4n) is 2.90. The lowest BCUT2D eigenvalue weighted by atomic mass is 10.0. The number of rotatable bonds is 7.